The van der Waals surface area contributed by atoms with Gasteiger partial charge in [-0.25, -0.2) is 0 Å². The average molecular weight is 253 g/mol. The molecule has 2 rings (SSSR count). The topological polar surface area (TPSA) is 21.3 Å². The van der Waals surface area contributed by atoms with Gasteiger partial charge in [0.2, 0.25) is 0 Å². The molecule has 3 heteroatoms. The quantitative estimate of drug-likeness (QED) is 0.835. The number of hydrogen-bond donors (Lipinski definition) is 1. The van der Waals surface area contributed by atoms with Crippen molar-refractivity contribution >= 4 is 11.3 Å². The molecule has 17 heavy (non-hydrogen) atoms. The van der Waals surface area contributed by atoms with Crippen LogP contribution in [0.1, 0.15) is 49.3 Å². The van der Waals surface area contributed by atoms with Gasteiger partial charge in [-0.3, -0.25) is 0 Å². The highest BCUT2D eigenvalue weighted by Gasteiger charge is 2.17. The van der Waals surface area contributed by atoms with Crippen LogP contribution in [0.3, 0.4) is 0 Å². The zero-order valence-corrected chi connectivity index (χ0v) is 11.7. The van der Waals surface area contributed by atoms with Crippen LogP contribution in [0.4, 0.5) is 0 Å². The molecule has 96 valence electrons. The molecule has 1 aliphatic rings. The van der Waals surface area contributed by atoms with E-state index in [1.807, 2.05) is 0 Å². The minimum Gasteiger partial charge on any atom is -0.378 e. The van der Waals surface area contributed by atoms with Gasteiger partial charge in [0.1, 0.15) is 0 Å². The summed E-state index contributed by atoms with van der Waals surface area (Å²) >= 11 is 1.80. The molecule has 0 amide bonds. The molecule has 0 bridgehead atoms. The molecule has 0 radical (unpaired) electrons. The molecular weight excluding hydrogens is 230 g/mol. The number of hydrogen-bond acceptors (Lipinski definition) is 3. The molecule has 0 aliphatic carbocycles. The fourth-order valence-electron chi connectivity index (χ4n) is 2.60. The first kappa shape index (κ1) is 13.1. The maximum absolute atomic E-state index is 5.66. The molecule has 2 heterocycles. The second-order valence-electron chi connectivity index (χ2n) is 4.92. The van der Waals surface area contributed by atoms with Gasteiger partial charge in [0.05, 0.1) is 6.10 Å². The highest BCUT2D eigenvalue weighted by atomic mass is 32.1. The molecule has 0 aromatic carbocycles. The summed E-state index contributed by atoms with van der Waals surface area (Å²) in [5.41, 5.74) is 2.90. The van der Waals surface area contributed by atoms with Crippen molar-refractivity contribution in [3.05, 3.63) is 21.9 Å². The number of rotatable bonds is 6. The average Bonchev–Trinajstić information content (AvgIpc) is 2.96. The van der Waals surface area contributed by atoms with E-state index in [9.17, 15) is 0 Å². The Morgan fingerprint density at radius 2 is 2.41 bits per heavy atom. The fourth-order valence-corrected chi connectivity index (χ4v) is 3.51. The summed E-state index contributed by atoms with van der Waals surface area (Å²) < 4.78 is 5.66. The Hall–Kier alpha value is -0.380. The number of aryl methyl sites for hydroxylation is 1. The van der Waals surface area contributed by atoms with Crippen LogP contribution >= 0.6 is 11.3 Å². The van der Waals surface area contributed by atoms with Crippen LogP contribution in [-0.4, -0.2) is 19.8 Å². The Morgan fingerprint density at radius 1 is 1.53 bits per heavy atom. The molecule has 1 fully saturated rings. The second-order valence-corrected chi connectivity index (χ2v) is 5.66. The molecule has 0 saturated carbocycles. The summed E-state index contributed by atoms with van der Waals surface area (Å²) in [7, 11) is 2.06. The lowest BCUT2D eigenvalue weighted by Crippen LogP contribution is -2.17. The lowest BCUT2D eigenvalue weighted by molar-refractivity contribution is 0.101. The van der Waals surface area contributed by atoms with Crippen LogP contribution in [0, 0.1) is 6.92 Å². The minimum atomic E-state index is 0.516. The molecule has 1 saturated heterocycles. The fraction of sp³-hybridized carbons (Fsp3) is 0.714. The summed E-state index contributed by atoms with van der Waals surface area (Å²) in [5.74, 6) is 0. The van der Waals surface area contributed by atoms with Crippen LogP contribution in [0.2, 0.25) is 0 Å². The van der Waals surface area contributed by atoms with Crippen LogP contribution in [-0.2, 0) is 4.74 Å². The van der Waals surface area contributed by atoms with Gasteiger partial charge >= 0.3 is 0 Å². The van der Waals surface area contributed by atoms with Crippen LogP contribution in [0.5, 0.6) is 0 Å². The van der Waals surface area contributed by atoms with E-state index >= 15 is 0 Å². The maximum Gasteiger partial charge on any atom is 0.0576 e. The Labute approximate surface area is 108 Å². The van der Waals surface area contributed by atoms with Crippen molar-refractivity contribution in [1.29, 1.82) is 0 Å². The number of ether oxygens (including phenoxy) is 1. The smallest absolute Gasteiger partial charge is 0.0576 e. The van der Waals surface area contributed by atoms with Gasteiger partial charge in [0, 0.05) is 12.6 Å². The molecule has 1 aromatic rings. The number of nitrogens with one attached hydrogen (secondary N) is 1. The number of thiophene rings is 1. The Morgan fingerprint density at radius 3 is 3.00 bits per heavy atom. The molecule has 1 N–H and O–H groups in total. The van der Waals surface area contributed by atoms with E-state index in [0.29, 0.717) is 12.1 Å². The summed E-state index contributed by atoms with van der Waals surface area (Å²) in [6.07, 6.45) is 6.75. The van der Waals surface area contributed by atoms with Gasteiger partial charge in [-0.15, -0.1) is 0 Å². The lowest BCUT2D eigenvalue weighted by Gasteiger charge is -2.17. The normalized spacial score (nSPS) is 21.9. The van der Waals surface area contributed by atoms with Gasteiger partial charge in [-0.2, -0.15) is 11.3 Å². The molecule has 1 aliphatic heterocycles. The molecule has 2 atom stereocenters. The van der Waals surface area contributed by atoms with Crippen LogP contribution in [0.15, 0.2) is 10.8 Å². The van der Waals surface area contributed by atoms with Gasteiger partial charge in [-0.1, -0.05) is 0 Å². The van der Waals surface area contributed by atoms with E-state index in [-0.39, 0.29) is 0 Å². The van der Waals surface area contributed by atoms with Crippen molar-refractivity contribution in [2.45, 2.75) is 51.2 Å². The van der Waals surface area contributed by atoms with E-state index < -0.39 is 0 Å². The zero-order valence-electron chi connectivity index (χ0n) is 10.9. The molecule has 1 aromatic heterocycles. The van der Waals surface area contributed by atoms with Gasteiger partial charge in [-0.05, 0) is 68.0 Å². The maximum atomic E-state index is 5.66. The van der Waals surface area contributed by atoms with Crippen molar-refractivity contribution < 1.29 is 4.74 Å². The monoisotopic (exact) mass is 253 g/mol. The molecule has 2 unspecified atom stereocenters. The van der Waals surface area contributed by atoms with Crippen molar-refractivity contribution in [2.75, 3.05) is 13.7 Å². The predicted molar refractivity (Wildman–Crippen MR) is 73.7 cm³/mol. The van der Waals surface area contributed by atoms with Crippen molar-refractivity contribution in [3.8, 4) is 0 Å². The Kier molecular flexibility index (Phi) is 5.01. The van der Waals surface area contributed by atoms with E-state index in [4.69, 9.17) is 4.74 Å². The standard InChI is InChI=1S/C14H23NOS/c1-11-9-17-10-13(11)14(15-2)7-3-5-12-6-4-8-16-12/h9-10,12,14-15H,3-8H2,1-2H3. The second kappa shape index (κ2) is 6.53. The first-order chi connectivity index (χ1) is 8.31. The van der Waals surface area contributed by atoms with Crippen molar-refractivity contribution in [2.24, 2.45) is 0 Å². The van der Waals surface area contributed by atoms with Crippen molar-refractivity contribution in [1.82, 2.24) is 5.32 Å². The molecule has 0 spiro atoms. The minimum absolute atomic E-state index is 0.516. The third kappa shape index (κ3) is 3.54. The largest absolute Gasteiger partial charge is 0.378 e. The highest BCUT2D eigenvalue weighted by Crippen LogP contribution is 2.27. The van der Waals surface area contributed by atoms with Crippen LogP contribution < -0.4 is 5.32 Å². The first-order valence-electron chi connectivity index (χ1n) is 6.63. The van der Waals surface area contributed by atoms with Gasteiger partial charge < -0.3 is 10.1 Å². The van der Waals surface area contributed by atoms with E-state index in [0.717, 1.165) is 6.61 Å². The van der Waals surface area contributed by atoms with Gasteiger partial charge in [0.25, 0.3) is 0 Å². The van der Waals surface area contributed by atoms with Gasteiger partial charge in [0.15, 0.2) is 0 Å². The third-order valence-electron chi connectivity index (χ3n) is 3.66. The summed E-state index contributed by atoms with van der Waals surface area (Å²) in [6.45, 7) is 3.18. The SMILES string of the molecule is CNC(CCCC1CCCO1)c1cscc1C. The van der Waals surface area contributed by atoms with Crippen LogP contribution in [0.25, 0.3) is 0 Å². The lowest BCUT2D eigenvalue weighted by atomic mass is 9.99. The third-order valence-corrected chi connectivity index (χ3v) is 4.54. The summed E-state index contributed by atoms with van der Waals surface area (Å²) in [4.78, 5) is 0. The summed E-state index contributed by atoms with van der Waals surface area (Å²) in [5, 5.41) is 7.95. The van der Waals surface area contributed by atoms with Crippen molar-refractivity contribution in [3.63, 3.8) is 0 Å². The van der Waals surface area contributed by atoms with E-state index in [1.54, 1.807) is 11.3 Å². The molecule has 2 nitrogen and oxygen atoms in total. The first-order valence-corrected chi connectivity index (χ1v) is 7.57. The zero-order chi connectivity index (χ0) is 12.1. The summed E-state index contributed by atoms with van der Waals surface area (Å²) in [6, 6.07) is 0.516. The van der Waals surface area contributed by atoms with E-state index in [1.165, 1.54) is 43.2 Å². The predicted octanol–water partition coefficient (Wildman–Crippen LogP) is 3.67. The highest BCUT2D eigenvalue weighted by molar-refractivity contribution is 7.08. The van der Waals surface area contributed by atoms with E-state index in [2.05, 4.69) is 30.0 Å². The Balaban J connectivity index is 1.77. The molecular formula is C14H23NOS. The Bertz CT molecular complexity index is 331.